The Morgan fingerprint density at radius 1 is 1.19 bits per heavy atom. The zero-order chi connectivity index (χ0) is 22.2. The van der Waals surface area contributed by atoms with Crippen LogP contribution in [0.1, 0.15) is 57.1 Å². The molecule has 1 aromatic carbocycles. The number of fused-ring (bicyclic) bond motifs is 1. The number of carbonyl (C=O) groups is 3. The van der Waals surface area contributed by atoms with Gasteiger partial charge in [-0.1, -0.05) is 12.1 Å². The molecule has 1 unspecified atom stereocenters. The molecule has 3 amide bonds. The van der Waals surface area contributed by atoms with Crippen molar-refractivity contribution in [2.24, 2.45) is 0 Å². The van der Waals surface area contributed by atoms with Crippen molar-refractivity contribution in [3.63, 3.8) is 0 Å². The Bertz CT molecular complexity index is 1080. The number of piperidine rings is 1. The maximum atomic E-state index is 12.3. The first-order valence-corrected chi connectivity index (χ1v) is 10.6. The zero-order valence-corrected chi connectivity index (χ0v) is 18.1. The van der Waals surface area contributed by atoms with E-state index in [1.165, 1.54) is 5.57 Å². The molecule has 1 atom stereocenters. The van der Waals surface area contributed by atoms with E-state index in [0.29, 0.717) is 25.9 Å². The summed E-state index contributed by atoms with van der Waals surface area (Å²) in [7, 11) is 0. The average molecular weight is 421 g/mol. The summed E-state index contributed by atoms with van der Waals surface area (Å²) in [5.41, 5.74) is 3.42. The minimum Gasteiger partial charge on any atom is -0.444 e. The second-order valence-corrected chi connectivity index (χ2v) is 9.09. The van der Waals surface area contributed by atoms with E-state index in [2.05, 4.69) is 22.4 Å². The predicted octanol–water partition coefficient (Wildman–Crippen LogP) is 3.78. The van der Waals surface area contributed by atoms with Crippen LogP contribution in [0.4, 0.5) is 4.79 Å². The highest BCUT2D eigenvalue weighted by atomic mass is 16.6. The molecule has 0 aliphatic carbocycles. The van der Waals surface area contributed by atoms with Gasteiger partial charge >= 0.3 is 6.09 Å². The monoisotopic (exact) mass is 421 g/mol. The average Bonchev–Trinajstić information content (AvgIpc) is 2.72. The van der Waals surface area contributed by atoms with Gasteiger partial charge in [-0.05, 0) is 68.5 Å². The van der Waals surface area contributed by atoms with Crippen molar-refractivity contribution < 1.29 is 19.1 Å². The predicted molar refractivity (Wildman–Crippen MR) is 117 cm³/mol. The van der Waals surface area contributed by atoms with Gasteiger partial charge in [0.15, 0.2) is 0 Å². The second-order valence-electron chi connectivity index (χ2n) is 9.09. The molecule has 0 radical (unpaired) electrons. The number of hydrogen-bond donors (Lipinski definition) is 1. The van der Waals surface area contributed by atoms with Gasteiger partial charge in [0.2, 0.25) is 11.8 Å². The minimum atomic E-state index is -0.507. The zero-order valence-electron chi connectivity index (χ0n) is 18.1. The topological polar surface area (TPSA) is 88.6 Å². The smallest absolute Gasteiger partial charge is 0.410 e. The van der Waals surface area contributed by atoms with Crippen LogP contribution >= 0.6 is 0 Å². The molecule has 162 valence electrons. The van der Waals surface area contributed by atoms with Crippen LogP contribution in [-0.4, -0.2) is 46.5 Å². The number of nitrogens with zero attached hydrogens (tertiary/aromatic N) is 2. The number of aromatic nitrogens is 1. The highest BCUT2D eigenvalue weighted by Gasteiger charge is 2.28. The fourth-order valence-corrected chi connectivity index (χ4v) is 3.97. The molecule has 1 aromatic heterocycles. The van der Waals surface area contributed by atoms with Crippen molar-refractivity contribution in [2.75, 3.05) is 13.1 Å². The molecular weight excluding hydrogens is 394 g/mol. The summed E-state index contributed by atoms with van der Waals surface area (Å²) in [5.74, 6) is -0.831. The number of carbonyl (C=O) groups excluding carboxylic acids is 3. The van der Waals surface area contributed by atoms with E-state index in [4.69, 9.17) is 4.74 Å². The van der Waals surface area contributed by atoms with Crippen LogP contribution < -0.4 is 5.32 Å². The van der Waals surface area contributed by atoms with Crippen molar-refractivity contribution in [1.82, 2.24) is 15.2 Å². The summed E-state index contributed by atoms with van der Waals surface area (Å²) >= 11 is 0. The number of ether oxygens (including phenoxy) is 1. The first-order valence-electron chi connectivity index (χ1n) is 10.6. The lowest BCUT2D eigenvalue weighted by atomic mass is 9.90. The van der Waals surface area contributed by atoms with Gasteiger partial charge < -0.3 is 9.64 Å². The van der Waals surface area contributed by atoms with Crippen LogP contribution in [0.3, 0.4) is 0 Å². The Kier molecular flexibility index (Phi) is 5.52. The number of imide groups is 1. The number of benzene rings is 1. The van der Waals surface area contributed by atoms with Gasteiger partial charge in [0, 0.05) is 31.1 Å². The van der Waals surface area contributed by atoms with Gasteiger partial charge in [-0.15, -0.1) is 0 Å². The molecular formula is C24H27N3O4. The number of pyridine rings is 1. The summed E-state index contributed by atoms with van der Waals surface area (Å²) in [6.45, 7) is 6.71. The molecule has 2 aromatic rings. The fourth-order valence-electron chi connectivity index (χ4n) is 3.97. The first kappa shape index (κ1) is 21.0. The number of amides is 3. The standard InChI is InChI=1S/C24H27N3O4/c1-24(2,3)31-23(30)27-10-8-15(9-11-27)16-4-6-20-17(12-16)13-18(14-25-20)19-5-7-21(28)26-22(19)29/h4,6,8,12-14,19H,5,7,9-11H2,1-3H3,(H,26,28,29). The molecule has 1 fully saturated rings. The molecule has 7 nitrogen and oxygen atoms in total. The number of rotatable bonds is 2. The van der Waals surface area contributed by atoms with Crippen LogP contribution in [0.15, 0.2) is 36.5 Å². The van der Waals surface area contributed by atoms with E-state index in [9.17, 15) is 14.4 Å². The lowest BCUT2D eigenvalue weighted by molar-refractivity contribution is -0.134. The van der Waals surface area contributed by atoms with E-state index >= 15 is 0 Å². The van der Waals surface area contributed by atoms with Crippen LogP contribution in [-0.2, 0) is 14.3 Å². The van der Waals surface area contributed by atoms with E-state index in [-0.39, 0.29) is 23.8 Å². The summed E-state index contributed by atoms with van der Waals surface area (Å²) in [6, 6.07) is 8.07. The Morgan fingerprint density at radius 3 is 2.68 bits per heavy atom. The summed E-state index contributed by atoms with van der Waals surface area (Å²) in [4.78, 5) is 42.1. The quantitative estimate of drug-likeness (QED) is 0.746. The van der Waals surface area contributed by atoms with Gasteiger partial charge in [-0.2, -0.15) is 0 Å². The third-order valence-corrected chi connectivity index (χ3v) is 5.58. The fraction of sp³-hybridized carbons (Fsp3) is 0.417. The summed E-state index contributed by atoms with van der Waals surface area (Å²) < 4.78 is 5.46. The lowest BCUT2D eigenvalue weighted by Crippen LogP contribution is -2.39. The Hall–Kier alpha value is -3.22. The third kappa shape index (κ3) is 4.76. The second kappa shape index (κ2) is 8.13. The van der Waals surface area contributed by atoms with Gasteiger partial charge in [-0.3, -0.25) is 19.9 Å². The van der Waals surface area contributed by atoms with E-state index < -0.39 is 5.60 Å². The molecule has 31 heavy (non-hydrogen) atoms. The summed E-state index contributed by atoms with van der Waals surface area (Å²) in [6.07, 6.45) is 5.08. The van der Waals surface area contributed by atoms with Gasteiger partial charge in [-0.25, -0.2) is 4.79 Å². The van der Waals surface area contributed by atoms with E-state index in [1.807, 2.05) is 39.0 Å². The molecule has 1 saturated heterocycles. The van der Waals surface area contributed by atoms with E-state index in [0.717, 1.165) is 28.5 Å². The first-order chi connectivity index (χ1) is 14.7. The molecule has 4 rings (SSSR count). The SMILES string of the molecule is CC(C)(C)OC(=O)N1CC=C(c2ccc3ncc(C4CCC(=O)NC4=O)cc3c2)CC1. The molecule has 1 N–H and O–H groups in total. The van der Waals surface area contributed by atoms with Crippen LogP contribution in [0.5, 0.6) is 0 Å². The third-order valence-electron chi connectivity index (χ3n) is 5.58. The van der Waals surface area contributed by atoms with Crippen LogP contribution in [0.2, 0.25) is 0 Å². The maximum Gasteiger partial charge on any atom is 0.410 e. The minimum absolute atomic E-state index is 0.220. The lowest BCUT2D eigenvalue weighted by Gasteiger charge is -2.29. The molecule has 0 spiro atoms. The van der Waals surface area contributed by atoms with E-state index in [1.54, 1.807) is 11.1 Å². The molecule has 3 heterocycles. The van der Waals surface area contributed by atoms with Gasteiger partial charge in [0.05, 0.1) is 11.4 Å². The molecule has 7 heteroatoms. The number of nitrogens with one attached hydrogen (secondary N) is 1. The maximum absolute atomic E-state index is 12.3. The van der Waals surface area contributed by atoms with Crippen LogP contribution in [0, 0.1) is 0 Å². The Morgan fingerprint density at radius 2 is 2.00 bits per heavy atom. The van der Waals surface area contributed by atoms with Crippen molar-refractivity contribution in [3.8, 4) is 0 Å². The molecule has 0 saturated carbocycles. The largest absolute Gasteiger partial charge is 0.444 e. The van der Waals surface area contributed by atoms with Gasteiger partial charge in [0.1, 0.15) is 5.60 Å². The van der Waals surface area contributed by atoms with Gasteiger partial charge in [0.25, 0.3) is 0 Å². The molecule has 0 bridgehead atoms. The highest BCUT2D eigenvalue weighted by molar-refractivity contribution is 6.01. The van der Waals surface area contributed by atoms with Crippen LogP contribution in [0.25, 0.3) is 16.5 Å². The molecule has 2 aliphatic rings. The van der Waals surface area contributed by atoms with Crippen molar-refractivity contribution >= 4 is 34.4 Å². The Balaban J connectivity index is 1.53. The highest BCUT2D eigenvalue weighted by Crippen LogP contribution is 2.29. The Labute approximate surface area is 181 Å². The summed E-state index contributed by atoms with van der Waals surface area (Å²) in [5, 5.41) is 3.36. The van der Waals surface area contributed by atoms with Crippen molar-refractivity contribution in [2.45, 2.75) is 51.6 Å². The van der Waals surface area contributed by atoms with Crippen molar-refractivity contribution in [1.29, 1.82) is 0 Å². The molecule has 2 aliphatic heterocycles. The van der Waals surface area contributed by atoms with Crippen molar-refractivity contribution in [3.05, 3.63) is 47.7 Å². The normalized spacial score (nSPS) is 19.8. The number of hydrogen-bond acceptors (Lipinski definition) is 5.